The summed E-state index contributed by atoms with van der Waals surface area (Å²) in [5.41, 5.74) is -0.511. The predicted molar refractivity (Wildman–Crippen MR) is 145 cm³/mol. The number of amides is 2. The standard InChI is InChI=1S/C27H31FN6O4S/c1-5-33-26(38)22-24(37)23(36)19(25-30-29-20(39-25)12-16-6-8-18(28)9-7-16)15-34(22)32(4)27(33)11-10-17(14-27)13-21(35)31(2)3/h6-9,15,17,37H,5,10-14H2,1-4H3. The van der Waals surface area contributed by atoms with Crippen LogP contribution in [0.1, 0.15) is 53.7 Å². The van der Waals surface area contributed by atoms with Gasteiger partial charge in [0.25, 0.3) is 5.91 Å². The maximum absolute atomic E-state index is 13.7. The van der Waals surface area contributed by atoms with Crippen LogP contribution in [0.4, 0.5) is 4.39 Å². The Labute approximate surface area is 229 Å². The number of aromatic hydroxyl groups is 1. The summed E-state index contributed by atoms with van der Waals surface area (Å²) in [4.78, 5) is 42.6. The summed E-state index contributed by atoms with van der Waals surface area (Å²) in [6.07, 6.45) is 4.36. The van der Waals surface area contributed by atoms with Gasteiger partial charge in [-0.25, -0.2) is 4.39 Å². The number of aromatic nitrogens is 3. The van der Waals surface area contributed by atoms with Gasteiger partial charge in [0.05, 0.1) is 5.56 Å². The molecule has 2 unspecified atom stereocenters. The first kappa shape index (κ1) is 26.8. The van der Waals surface area contributed by atoms with Crippen LogP contribution in [0.3, 0.4) is 0 Å². The average Bonchev–Trinajstić information content (AvgIpc) is 3.54. The van der Waals surface area contributed by atoms with E-state index in [1.54, 1.807) is 46.9 Å². The molecule has 5 rings (SSSR count). The Hall–Kier alpha value is -3.80. The van der Waals surface area contributed by atoms with Crippen molar-refractivity contribution >= 4 is 23.2 Å². The summed E-state index contributed by atoms with van der Waals surface area (Å²) in [7, 11) is 5.30. The number of rotatable bonds is 6. The van der Waals surface area contributed by atoms with Gasteiger partial charge in [0.2, 0.25) is 11.3 Å². The van der Waals surface area contributed by atoms with E-state index >= 15 is 0 Å². The highest BCUT2D eigenvalue weighted by Crippen LogP contribution is 2.45. The molecule has 1 spiro atoms. The van der Waals surface area contributed by atoms with E-state index in [9.17, 15) is 23.9 Å². The Morgan fingerprint density at radius 1 is 1.23 bits per heavy atom. The van der Waals surface area contributed by atoms with Crippen molar-refractivity contribution in [3.8, 4) is 16.3 Å². The highest BCUT2D eigenvalue weighted by molar-refractivity contribution is 7.14. The molecule has 3 heterocycles. The minimum atomic E-state index is -0.705. The van der Waals surface area contributed by atoms with Gasteiger partial charge < -0.3 is 14.9 Å². The first-order valence-electron chi connectivity index (χ1n) is 12.9. The fourth-order valence-electron chi connectivity index (χ4n) is 5.76. The lowest BCUT2D eigenvalue weighted by Crippen LogP contribution is -2.68. The Kier molecular flexibility index (Phi) is 6.91. The van der Waals surface area contributed by atoms with Crippen LogP contribution in [-0.4, -0.2) is 74.9 Å². The van der Waals surface area contributed by atoms with Crippen molar-refractivity contribution in [2.75, 3.05) is 32.7 Å². The van der Waals surface area contributed by atoms with Crippen LogP contribution >= 0.6 is 11.3 Å². The van der Waals surface area contributed by atoms with E-state index < -0.39 is 22.7 Å². The van der Waals surface area contributed by atoms with Crippen LogP contribution in [0, 0.1) is 11.7 Å². The van der Waals surface area contributed by atoms with Crippen molar-refractivity contribution in [2.24, 2.45) is 5.92 Å². The molecular formula is C27H31FN6O4S. The zero-order valence-corrected chi connectivity index (χ0v) is 23.2. The van der Waals surface area contributed by atoms with Crippen LogP contribution in [0.2, 0.25) is 0 Å². The van der Waals surface area contributed by atoms with Gasteiger partial charge in [0.1, 0.15) is 16.5 Å². The number of hydrogen-bond donors (Lipinski definition) is 1. The van der Waals surface area contributed by atoms with Crippen molar-refractivity contribution < 1.29 is 19.1 Å². The quantitative estimate of drug-likeness (QED) is 0.499. The maximum atomic E-state index is 13.7. The van der Waals surface area contributed by atoms with E-state index in [0.717, 1.165) is 12.0 Å². The fraction of sp³-hybridized carbons (Fsp3) is 0.444. The van der Waals surface area contributed by atoms with Gasteiger partial charge in [-0.2, -0.15) is 0 Å². The van der Waals surface area contributed by atoms with Crippen LogP contribution in [0.25, 0.3) is 10.6 Å². The highest BCUT2D eigenvalue weighted by atomic mass is 32.1. The van der Waals surface area contributed by atoms with Crippen LogP contribution in [0.5, 0.6) is 5.75 Å². The largest absolute Gasteiger partial charge is 0.502 e. The Balaban J connectivity index is 1.51. The normalized spacial score (nSPS) is 20.5. The van der Waals surface area contributed by atoms with Crippen molar-refractivity contribution in [1.29, 1.82) is 0 Å². The molecule has 1 fully saturated rings. The monoisotopic (exact) mass is 554 g/mol. The summed E-state index contributed by atoms with van der Waals surface area (Å²) in [6.45, 7) is 2.25. The molecule has 2 aliphatic rings. The second kappa shape index (κ2) is 10.1. The molecule has 1 aliphatic heterocycles. The van der Waals surface area contributed by atoms with Gasteiger partial charge in [-0.15, -0.1) is 10.2 Å². The van der Waals surface area contributed by atoms with Gasteiger partial charge in [-0.1, -0.05) is 23.5 Å². The predicted octanol–water partition coefficient (Wildman–Crippen LogP) is 2.82. The summed E-state index contributed by atoms with van der Waals surface area (Å²) in [6, 6.07) is 6.07. The molecule has 0 bridgehead atoms. The first-order valence-corrected chi connectivity index (χ1v) is 13.7. The van der Waals surface area contributed by atoms with Gasteiger partial charge in [-0.3, -0.25) is 24.1 Å². The molecule has 12 heteroatoms. The number of carbonyl (C=O) groups is 2. The Morgan fingerprint density at radius 2 is 1.95 bits per heavy atom. The molecule has 3 aromatic rings. The number of benzene rings is 1. The number of nitrogens with zero attached hydrogens (tertiary/aromatic N) is 6. The average molecular weight is 555 g/mol. The number of fused-ring (bicyclic) bond motifs is 1. The minimum absolute atomic E-state index is 0.0431. The molecule has 0 radical (unpaired) electrons. The first-order chi connectivity index (χ1) is 18.6. The summed E-state index contributed by atoms with van der Waals surface area (Å²) >= 11 is 1.20. The third kappa shape index (κ3) is 4.56. The second-order valence-corrected chi connectivity index (χ2v) is 11.4. The lowest BCUT2D eigenvalue weighted by Gasteiger charge is -2.52. The van der Waals surface area contributed by atoms with Gasteiger partial charge >= 0.3 is 0 Å². The molecule has 2 aromatic heterocycles. The van der Waals surface area contributed by atoms with E-state index in [0.29, 0.717) is 42.2 Å². The molecule has 1 N–H and O–H groups in total. The molecule has 1 aliphatic carbocycles. The second-order valence-electron chi connectivity index (χ2n) is 10.4. The lowest BCUT2D eigenvalue weighted by molar-refractivity contribution is -0.129. The van der Waals surface area contributed by atoms with E-state index in [2.05, 4.69) is 10.2 Å². The van der Waals surface area contributed by atoms with Crippen LogP contribution < -0.4 is 10.4 Å². The SMILES string of the molecule is CCN1C(=O)c2c(O)c(=O)c(-c3nnc(Cc4ccc(F)cc4)s3)cn2N(C)C12CCC(CC(=O)N(C)C)C2. The van der Waals surface area contributed by atoms with Crippen molar-refractivity contribution in [1.82, 2.24) is 24.7 Å². The third-order valence-electron chi connectivity index (χ3n) is 7.85. The van der Waals surface area contributed by atoms with Crippen LogP contribution in [-0.2, 0) is 11.2 Å². The van der Waals surface area contributed by atoms with Crippen LogP contribution in [0.15, 0.2) is 35.3 Å². The summed E-state index contributed by atoms with van der Waals surface area (Å²) in [5.74, 6) is -1.25. The molecule has 1 aromatic carbocycles. The summed E-state index contributed by atoms with van der Waals surface area (Å²) in [5, 5.41) is 22.2. The van der Waals surface area contributed by atoms with E-state index in [1.807, 2.05) is 19.0 Å². The summed E-state index contributed by atoms with van der Waals surface area (Å²) < 4.78 is 14.8. The molecule has 10 nitrogen and oxygen atoms in total. The van der Waals surface area contributed by atoms with E-state index in [1.165, 1.54) is 23.5 Å². The van der Waals surface area contributed by atoms with E-state index in [4.69, 9.17) is 0 Å². The van der Waals surface area contributed by atoms with Crippen molar-refractivity contribution in [3.05, 3.63) is 62.8 Å². The zero-order valence-electron chi connectivity index (χ0n) is 22.3. The smallest absolute Gasteiger partial charge is 0.278 e. The molecule has 206 valence electrons. The van der Waals surface area contributed by atoms with Gasteiger partial charge in [0.15, 0.2) is 16.5 Å². The molecule has 2 atom stereocenters. The number of pyridine rings is 1. The minimum Gasteiger partial charge on any atom is -0.502 e. The van der Waals surface area contributed by atoms with Gasteiger partial charge in [0, 0.05) is 46.7 Å². The Morgan fingerprint density at radius 3 is 2.62 bits per heavy atom. The third-order valence-corrected chi connectivity index (χ3v) is 8.81. The molecule has 2 amide bonds. The number of hydrogen-bond acceptors (Lipinski definition) is 8. The molecule has 0 saturated heterocycles. The molecule has 1 saturated carbocycles. The lowest BCUT2D eigenvalue weighted by atomic mass is 9.98. The van der Waals surface area contributed by atoms with Crippen molar-refractivity contribution in [3.63, 3.8) is 0 Å². The number of carbonyl (C=O) groups excluding carboxylic acids is 2. The Bertz CT molecular complexity index is 1490. The zero-order chi connectivity index (χ0) is 28.1. The van der Waals surface area contributed by atoms with Gasteiger partial charge in [-0.05, 0) is 49.8 Å². The highest BCUT2D eigenvalue weighted by Gasteiger charge is 2.53. The maximum Gasteiger partial charge on any atom is 0.278 e. The number of halogens is 1. The van der Waals surface area contributed by atoms with Crippen molar-refractivity contribution in [2.45, 2.75) is 44.7 Å². The van der Waals surface area contributed by atoms with E-state index in [-0.39, 0.29) is 28.9 Å². The topological polar surface area (TPSA) is 112 Å². The molecular weight excluding hydrogens is 523 g/mol. The molecule has 39 heavy (non-hydrogen) atoms. The fourth-order valence-corrected chi connectivity index (χ4v) is 6.64.